The van der Waals surface area contributed by atoms with Crippen LogP contribution in [0.25, 0.3) is 17.1 Å². The fourth-order valence-electron chi connectivity index (χ4n) is 2.63. The van der Waals surface area contributed by atoms with Gasteiger partial charge in [0, 0.05) is 38.9 Å². The first-order valence-electron chi connectivity index (χ1n) is 8.20. The molecule has 27 heavy (non-hydrogen) atoms. The number of benzene rings is 2. The molecule has 0 bridgehead atoms. The van der Waals surface area contributed by atoms with Crippen molar-refractivity contribution in [3.8, 4) is 17.1 Å². The van der Waals surface area contributed by atoms with E-state index in [1.54, 1.807) is 24.2 Å². The molecule has 2 aromatic carbocycles. The van der Waals surface area contributed by atoms with E-state index in [0.29, 0.717) is 5.75 Å². The quantitative estimate of drug-likeness (QED) is 0.343. The van der Waals surface area contributed by atoms with Gasteiger partial charge in [-0.05, 0) is 48.0 Å². The number of rotatable bonds is 5. The highest BCUT2D eigenvalue weighted by Crippen LogP contribution is 2.31. The molecule has 0 fully saturated rings. The van der Waals surface area contributed by atoms with Crippen molar-refractivity contribution in [2.24, 2.45) is 0 Å². The summed E-state index contributed by atoms with van der Waals surface area (Å²) in [7, 11) is 0. The minimum Gasteiger partial charge on any atom is -0.270 e. The number of hydrogen-bond donors (Lipinski definition) is 0. The summed E-state index contributed by atoms with van der Waals surface area (Å²) in [6.07, 6.45) is 3.54. The molecule has 0 unspecified atom stereocenters. The van der Waals surface area contributed by atoms with Crippen LogP contribution in [0.4, 0.5) is 0 Å². The Hall–Kier alpha value is -2.15. The summed E-state index contributed by atoms with van der Waals surface area (Å²) >= 11 is 11.4. The van der Waals surface area contributed by atoms with E-state index in [-0.39, 0.29) is 0 Å². The van der Waals surface area contributed by atoms with Crippen LogP contribution in [0.2, 0.25) is 5.02 Å². The normalized spacial score (nSPS) is 10.9. The first-order valence-corrected chi connectivity index (χ1v) is 10.4. The lowest BCUT2D eigenvalue weighted by molar-refractivity contribution is 0.885. The molecule has 0 aliphatic heterocycles. The average molecular weight is 458 g/mol. The number of hydrogen-bond acceptors (Lipinski definition) is 4. The monoisotopic (exact) mass is 456 g/mol. The van der Waals surface area contributed by atoms with E-state index in [1.165, 1.54) is 0 Å². The Morgan fingerprint density at radius 2 is 1.78 bits per heavy atom. The smallest absolute Gasteiger partial charge is 0.196 e. The Bertz CT molecular complexity index is 1050. The molecule has 0 atom stereocenters. The maximum Gasteiger partial charge on any atom is 0.196 e. The first kappa shape index (κ1) is 18.2. The minimum absolute atomic E-state index is 0.710. The maximum absolute atomic E-state index is 6.30. The molecular formula is C20H14BrClN4S. The van der Waals surface area contributed by atoms with Gasteiger partial charge in [-0.1, -0.05) is 57.5 Å². The van der Waals surface area contributed by atoms with Gasteiger partial charge in [-0.15, -0.1) is 10.2 Å². The van der Waals surface area contributed by atoms with Gasteiger partial charge in [0.25, 0.3) is 0 Å². The van der Waals surface area contributed by atoms with E-state index in [1.807, 2.05) is 65.2 Å². The van der Waals surface area contributed by atoms with Gasteiger partial charge in [0.05, 0.1) is 0 Å². The summed E-state index contributed by atoms with van der Waals surface area (Å²) in [5.41, 5.74) is 2.97. The van der Waals surface area contributed by atoms with Gasteiger partial charge in [-0.2, -0.15) is 0 Å². The molecule has 0 radical (unpaired) electrons. The molecule has 4 nitrogen and oxygen atoms in total. The minimum atomic E-state index is 0.710. The number of pyridine rings is 1. The Kier molecular flexibility index (Phi) is 5.57. The van der Waals surface area contributed by atoms with Crippen molar-refractivity contribution in [1.82, 2.24) is 19.7 Å². The third-order valence-electron chi connectivity index (χ3n) is 3.95. The van der Waals surface area contributed by atoms with Crippen LogP contribution < -0.4 is 0 Å². The standard InChI is InChI=1S/C20H14BrClN4S/c21-16-7-9-17(10-8-16)26-19(14-5-3-11-23-12-14)24-25-20(26)27-13-15-4-1-2-6-18(15)22/h1-12H,13H2. The summed E-state index contributed by atoms with van der Waals surface area (Å²) in [4.78, 5) is 4.21. The molecule has 0 saturated carbocycles. The predicted molar refractivity (Wildman–Crippen MR) is 113 cm³/mol. The lowest BCUT2D eigenvalue weighted by Crippen LogP contribution is -2.00. The van der Waals surface area contributed by atoms with E-state index < -0.39 is 0 Å². The third-order valence-corrected chi connectivity index (χ3v) is 5.83. The van der Waals surface area contributed by atoms with Crippen LogP contribution in [0.15, 0.2) is 82.7 Å². The van der Waals surface area contributed by atoms with Crippen molar-refractivity contribution < 1.29 is 0 Å². The number of thioether (sulfide) groups is 1. The van der Waals surface area contributed by atoms with E-state index >= 15 is 0 Å². The molecule has 0 N–H and O–H groups in total. The SMILES string of the molecule is Clc1ccccc1CSc1nnc(-c2cccnc2)n1-c1ccc(Br)cc1. The molecule has 2 aromatic heterocycles. The van der Waals surface area contributed by atoms with Crippen LogP contribution in [0.1, 0.15) is 5.56 Å². The van der Waals surface area contributed by atoms with E-state index in [9.17, 15) is 0 Å². The second-order valence-electron chi connectivity index (χ2n) is 5.74. The maximum atomic E-state index is 6.30. The summed E-state index contributed by atoms with van der Waals surface area (Å²) in [5.74, 6) is 1.47. The van der Waals surface area contributed by atoms with Crippen molar-refractivity contribution in [3.63, 3.8) is 0 Å². The van der Waals surface area contributed by atoms with Crippen molar-refractivity contribution in [3.05, 3.63) is 88.1 Å². The van der Waals surface area contributed by atoms with Gasteiger partial charge in [-0.25, -0.2) is 0 Å². The van der Waals surface area contributed by atoms with Crippen LogP contribution in [-0.4, -0.2) is 19.7 Å². The van der Waals surface area contributed by atoms with Crippen molar-refractivity contribution in [1.29, 1.82) is 0 Å². The van der Waals surface area contributed by atoms with Gasteiger partial charge >= 0.3 is 0 Å². The Morgan fingerprint density at radius 1 is 0.963 bits per heavy atom. The lowest BCUT2D eigenvalue weighted by Gasteiger charge is -2.11. The molecule has 0 spiro atoms. The average Bonchev–Trinajstić information content (AvgIpc) is 3.12. The van der Waals surface area contributed by atoms with Crippen LogP contribution in [-0.2, 0) is 5.75 Å². The number of aromatic nitrogens is 4. The Labute approximate surface area is 174 Å². The third kappa shape index (κ3) is 4.08. The summed E-state index contributed by atoms with van der Waals surface area (Å²) in [6, 6.07) is 19.8. The zero-order valence-electron chi connectivity index (χ0n) is 14.1. The summed E-state index contributed by atoms with van der Waals surface area (Å²) in [5, 5.41) is 10.4. The number of nitrogens with zero attached hydrogens (tertiary/aromatic N) is 4. The van der Waals surface area contributed by atoms with Crippen LogP contribution >= 0.6 is 39.3 Å². The lowest BCUT2D eigenvalue weighted by atomic mass is 10.2. The van der Waals surface area contributed by atoms with E-state index in [2.05, 4.69) is 31.1 Å². The van der Waals surface area contributed by atoms with Gasteiger partial charge in [0.15, 0.2) is 11.0 Å². The zero-order chi connectivity index (χ0) is 18.6. The van der Waals surface area contributed by atoms with E-state index in [0.717, 1.165) is 37.3 Å². The number of halogens is 2. The molecule has 134 valence electrons. The Morgan fingerprint density at radius 3 is 2.52 bits per heavy atom. The predicted octanol–water partition coefficient (Wildman–Crippen LogP) is 6.04. The van der Waals surface area contributed by atoms with Crippen LogP contribution in [0.3, 0.4) is 0 Å². The summed E-state index contributed by atoms with van der Waals surface area (Å²) < 4.78 is 3.07. The molecule has 4 rings (SSSR count). The van der Waals surface area contributed by atoms with Gasteiger partial charge in [-0.3, -0.25) is 9.55 Å². The fourth-order valence-corrected chi connectivity index (χ4v) is 4.13. The second kappa shape index (κ2) is 8.25. The molecular weight excluding hydrogens is 444 g/mol. The molecule has 0 aliphatic rings. The molecule has 2 heterocycles. The highest BCUT2D eigenvalue weighted by molar-refractivity contribution is 9.10. The van der Waals surface area contributed by atoms with Gasteiger partial charge < -0.3 is 0 Å². The van der Waals surface area contributed by atoms with Gasteiger partial charge in [0.1, 0.15) is 0 Å². The van der Waals surface area contributed by atoms with Crippen LogP contribution in [0.5, 0.6) is 0 Å². The highest BCUT2D eigenvalue weighted by atomic mass is 79.9. The molecule has 7 heteroatoms. The van der Waals surface area contributed by atoms with Gasteiger partial charge in [0.2, 0.25) is 0 Å². The molecule has 0 saturated heterocycles. The molecule has 0 amide bonds. The highest BCUT2D eigenvalue weighted by Gasteiger charge is 2.16. The van der Waals surface area contributed by atoms with Crippen molar-refractivity contribution in [2.45, 2.75) is 10.9 Å². The molecule has 4 aromatic rings. The fraction of sp³-hybridized carbons (Fsp3) is 0.0500. The second-order valence-corrected chi connectivity index (χ2v) is 8.01. The van der Waals surface area contributed by atoms with Crippen molar-refractivity contribution in [2.75, 3.05) is 0 Å². The van der Waals surface area contributed by atoms with Crippen LogP contribution in [0, 0.1) is 0 Å². The zero-order valence-corrected chi connectivity index (χ0v) is 17.2. The Balaban J connectivity index is 1.74. The summed E-state index contributed by atoms with van der Waals surface area (Å²) in [6.45, 7) is 0. The van der Waals surface area contributed by atoms with Crippen molar-refractivity contribution >= 4 is 39.3 Å². The first-order chi connectivity index (χ1) is 13.2. The molecule has 0 aliphatic carbocycles. The van der Waals surface area contributed by atoms with E-state index in [4.69, 9.17) is 11.6 Å². The largest absolute Gasteiger partial charge is 0.270 e. The topological polar surface area (TPSA) is 43.6 Å².